The number of carbonyl (C=O) groups is 2. The molecule has 1 N–H and O–H groups in total. The van der Waals surface area contributed by atoms with Gasteiger partial charge in [0, 0.05) is 21.5 Å². The number of carbonyl (C=O) groups excluding carboxylic acids is 2. The molecule has 0 unspecified atom stereocenters. The summed E-state index contributed by atoms with van der Waals surface area (Å²) in [4.78, 5) is 29.5. The summed E-state index contributed by atoms with van der Waals surface area (Å²) < 4.78 is 3.85. The first kappa shape index (κ1) is 22.1. The van der Waals surface area contributed by atoms with Gasteiger partial charge in [-0.15, -0.1) is 16.4 Å². The van der Waals surface area contributed by atoms with Gasteiger partial charge in [-0.2, -0.15) is 0 Å². The number of nitrogens with one attached hydrogen (secondary N) is 1. The van der Waals surface area contributed by atoms with Gasteiger partial charge < -0.3 is 5.32 Å². The van der Waals surface area contributed by atoms with Crippen molar-refractivity contribution in [3.63, 3.8) is 0 Å². The summed E-state index contributed by atoms with van der Waals surface area (Å²) in [5, 5.41) is 10.6. The van der Waals surface area contributed by atoms with E-state index in [0.29, 0.717) is 5.69 Å². The summed E-state index contributed by atoms with van der Waals surface area (Å²) >= 11 is 2.57. The first-order valence-electron chi connectivity index (χ1n) is 9.77. The molecule has 6 nitrogen and oxygen atoms in total. The maximum Gasteiger partial charge on any atom is 0.280 e. The summed E-state index contributed by atoms with van der Waals surface area (Å²) in [7, 11) is 0. The van der Waals surface area contributed by atoms with E-state index < -0.39 is 11.6 Å². The Balaban J connectivity index is 2.17. The number of aryl methyl sites for hydroxylation is 1. The Hall–Kier alpha value is -2.58. The van der Waals surface area contributed by atoms with E-state index in [9.17, 15) is 9.59 Å². The highest BCUT2D eigenvalue weighted by molar-refractivity contribution is 7.10. The van der Waals surface area contributed by atoms with Gasteiger partial charge in [-0.3, -0.25) is 14.5 Å². The Labute approximate surface area is 185 Å². The largest absolute Gasteiger partial charge is 0.349 e. The van der Waals surface area contributed by atoms with Crippen molar-refractivity contribution in [1.29, 1.82) is 0 Å². The Morgan fingerprint density at radius 2 is 1.97 bits per heavy atom. The zero-order valence-corrected chi connectivity index (χ0v) is 19.4. The normalized spacial score (nSPS) is 12.4. The molecular formula is C22H26N4O2S2. The molecule has 30 heavy (non-hydrogen) atoms. The lowest BCUT2D eigenvalue weighted by Gasteiger charge is -2.34. The van der Waals surface area contributed by atoms with E-state index in [1.54, 1.807) is 10.3 Å². The number of hydrogen-bond donors (Lipinski definition) is 1. The number of nitrogens with zero attached hydrogens (tertiary/aromatic N) is 3. The van der Waals surface area contributed by atoms with E-state index in [1.807, 2.05) is 70.3 Å². The van der Waals surface area contributed by atoms with Crippen LogP contribution in [-0.2, 0) is 4.79 Å². The minimum atomic E-state index is -0.814. The molecule has 0 saturated heterocycles. The van der Waals surface area contributed by atoms with Crippen LogP contribution >= 0.6 is 22.9 Å². The van der Waals surface area contributed by atoms with E-state index in [4.69, 9.17) is 0 Å². The lowest BCUT2D eigenvalue weighted by Crippen LogP contribution is -2.50. The van der Waals surface area contributed by atoms with Crippen molar-refractivity contribution in [3.8, 4) is 0 Å². The van der Waals surface area contributed by atoms with Gasteiger partial charge in [0.15, 0.2) is 11.7 Å². The number of thiophene rings is 1. The lowest BCUT2D eigenvalue weighted by atomic mass is 10.00. The van der Waals surface area contributed by atoms with Crippen molar-refractivity contribution in [1.82, 2.24) is 14.9 Å². The van der Waals surface area contributed by atoms with Gasteiger partial charge in [-0.05, 0) is 74.3 Å². The molecule has 2 aromatic heterocycles. The average molecular weight is 443 g/mol. The molecule has 3 aromatic rings. The molecule has 2 amide bonds. The average Bonchev–Trinajstić information content (AvgIpc) is 3.42. The minimum Gasteiger partial charge on any atom is -0.349 e. The van der Waals surface area contributed by atoms with E-state index in [-0.39, 0.29) is 17.5 Å². The van der Waals surface area contributed by atoms with E-state index >= 15 is 0 Å². The number of aromatic nitrogens is 2. The second-order valence-corrected chi connectivity index (χ2v) is 9.42. The van der Waals surface area contributed by atoms with Crippen molar-refractivity contribution >= 4 is 40.4 Å². The molecule has 0 aliphatic carbocycles. The zero-order valence-electron chi connectivity index (χ0n) is 17.8. The Bertz CT molecular complexity index is 1010. The molecule has 0 saturated carbocycles. The van der Waals surface area contributed by atoms with Crippen molar-refractivity contribution in [2.24, 2.45) is 0 Å². The van der Waals surface area contributed by atoms with E-state index in [0.717, 1.165) is 34.0 Å². The molecule has 0 bridgehead atoms. The third-order valence-electron chi connectivity index (χ3n) is 5.30. The maximum absolute atomic E-state index is 13.6. The fraction of sp³-hybridized carbons (Fsp3) is 0.364. The van der Waals surface area contributed by atoms with E-state index in [1.165, 1.54) is 11.3 Å². The van der Waals surface area contributed by atoms with Crippen LogP contribution < -0.4 is 10.2 Å². The number of amides is 2. The molecular weight excluding hydrogens is 416 g/mol. The minimum absolute atomic E-state index is 0.221. The first-order valence-corrected chi connectivity index (χ1v) is 11.5. The third-order valence-corrected chi connectivity index (χ3v) is 6.73. The number of rotatable bonds is 7. The molecule has 158 valence electrons. The SMILES string of the molecule is CCC(C)(C)NC(=O)[C@@H](c1cccs1)N(C(=O)c1csnn1)c1cccc(C)c1C. The maximum atomic E-state index is 13.6. The van der Waals surface area contributed by atoms with Crippen LogP contribution in [0, 0.1) is 13.8 Å². The highest BCUT2D eigenvalue weighted by atomic mass is 32.1. The summed E-state index contributed by atoms with van der Waals surface area (Å²) in [5.41, 5.74) is 2.51. The zero-order chi connectivity index (χ0) is 21.9. The van der Waals surface area contributed by atoms with Crippen LogP contribution in [0.4, 0.5) is 5.69 Å². The molecule has 0 fully saturated rings. The predicted molar refractivity (Wildman–Crippen MR) is 122 cm³/mol. The molecule has 0 radical (unpaired) electrons. The quantitative estimate of drug-likeness (QED) is 0.564. The van der Waals surface area contributed by atoms with E-state index in [2.05, 4.69) is 14.9 Å². The highest BCUT2D eigenvalue weighted by Gasteiger charge is 2.37. The Morgan fingerprint density at radius 1 is 1.20 bits per heavy atom. The van der Waals surface area contributed by atoms with Crippen LogP contribution in [0.15, 0.2) is 41.1 Å². The lowest BCUT2D eigenvalue weighted by molar-refractivity contribution is -0.124. The Kier molecular flexibility index (Phi) is 6.67. The summed E-state index contributed by atoms with van der Waals surface area (Å²) in [6.07, 6.45) is 0.767. The van der Waals surface area contributed by atoms with Crippen LogP contribution in [0.3, 0.4) is 0 Å². The fourth-order valence-corrected chi connectivity index (χ4v) is 4.30. The van der Waals surface area contributed by atoms with Crippen molar-refractivity contribution < 1.29 is 9.59 Å². The van der Waals surface area contributed by atoms with Gasteiger partial charge in [-0.25, -0.2) is 0 Å². The molecule has 1 atom stereocenters. The molecule has 0 aliphatic rings. The topological polar surface area (TPSA) is 75.2 Å². The number of anilines is 1. The third kappa shape index (κ3) is 4.60. The standard InChI is InChI=1S/C22H26N4O2S2/c1-6-22(4,5)23-20(27)19(18-11-8-12-29-18)26(21(28)16-13-30-25-24-16)17-10-7-9-14(2)15(17)3/h7-13,19H,6H2,1-5H3,(H,23,27)/t19-/m1/s1. The molecule has 3 rings (SSSR count). The van der Waals surface area contributed by atoms with Crippen LogP contribution in [0.25, 0.3) is 0 Å². The molecule has 8 heteroatoms. The van der Waals surface area contributed by atoms with Crippen molar-refractivity contribution in [3.05, 3.63) is 62.8 Å². The van der Waals surface area contributed by atoms with Crippen LogP contribution in [0.1, 0.15) is 59.7 Å². The highest BCUT2D eigenvalue weighted by Crippen LogP contribution is 2.35. The Morgan fingerprint density at radius 3 is 2.57 bits per heavy atom. The summed E-state index contributed by atoms with van der Waals surface area (Å²) in [5.74, 6) is -0.568. The summed E-state index contributed by atoms with van der Waals surface area (Å²) in [6.45, 7) is 9.93. The van der Waals surface area contributed by atoms with Gasteiger partial charge in [0.1, 0.15) is 0 Å². The molecule has 1 aromatic carbocycles. The van der Waals surface area contributed by atoms with Gasteiger partial charge in [0.2, 0.25) is 5.91 Å². The second kappa shape index (κ2) is 9.06. The number of hydrogen-bond acceptors (Lipinski definition) is 6. The first-order chi connectivity index (χ1) is 14.2. The van der Waals surface area contributed by atoms with Crippen LogP contribution in [0.5, 0.6) is 0 Å². The van der Waals surface area contributed by atoms with Crippen LogP contribution in [0.2, 0.25) is 0 Å². The van der Waals surface area contributed by atoms with Gasteiger partial charge >= 0.3 is 0 Å². The number of benzene rings is 1. The predicted octanol–water partition coefficient (Wildman–Crippen LogP) is 4.91. The van der Waals surface area contributed by atoms with Gasteiger partial charge in [0.05, 0.1) is 0 Å². The van der Waals surface area contributed by atoms with Gasteiger partial charge in [0.25, 0.3) is 5.91 Å². The summed E-state index contributed by atoms with van der Waals surface area (Å²) in [6, 6.07) is 8.73. The fourth-order valence-electron chi connectivity index (χ4n) is 3.05. The molecule has 0 aliphatic heterocycles. The molecule has 0 spiro atoms. The second-order valence-electron chi connectivity index (χ2n) is 7.83. The smallest absolute Gasteiger partial charge is 0.280 e. The monoisotopic (exact) mass is 442 g/mol. The van der Waals surface area contributed by atoms with Crippen LogP contribution in [-0.4, -0.2) is 26.9 Å². The van der Waals surface area contributed by atoms with Crippen molar-refractivity contribution in [2.45, 2.75) is 52.6 Å². The van der Waals surface area contributed by atoms with Gasteiger partial charge in [-0.1, -0.05) is 29.6 Å². The molecule has 2 heterocycles. The van der Waals surface area contributed by atoms with Crippen molar-refractivity contribution in [2.75, 3.05) is 4.90 Å².